The van der Waals surface area contributed by atoms with Crippen molar-refractivity contribution in [3.63, 3.8) is 0 Å². The molecule has 10 heteroatoms. The highest BCUT2D eigenvalue weighted by Gasteiger charge is 2.37. The molecule has 0 radical (unpaired) electrons. The van der Waals surface area contributed by atoms with E-state index in [0.29, 0.717) is 44.0 Å². The van der Waals surface area contributed by atoms with Crippen molar-refractivity contribution in [2.24, 2.45) is 0 Å². The van der Waals surface area contributed by atoms with Crippen LogP contribution in [0.2, 0.25) is 0 Å². The van der Waals surface area contributed by atoms with Gasteiger partial charge in [-0.15, -0.1) is 0 Å². The van der Waals surface area contributed by atoms with E-state index in [0.717, 1.165) is 45.2 Å². The Morgan fingerprint density at radius 1 is 0.339 bits per heavy atom. The van der Waals surface area contributed by atoms with Gasteiger partial charge in [-0.2, -0.15) is 36.9 Å². The third-order valence-corrected chi connectivity index (χ3v) is 11.5. The summed E-state index contributed by atoms with van der Waals surface area (Å²) in [6.07, 6.45) is -9.59. The van der Waals surface area contributed by atoms with Crippen molar-refractivity contribution in [2.75, 3.05) is 0 Å². The fraction of sp³-hybridized carbons (Fsp3) is 0.0385. The van der Waals surface area contributed by atoms with Gasteiger partial charge in [0.2, 0.25) is 0 Å². The molecule has 0 N–H and O–H groups in total. The summed E-state index contributed by atoms with van der Waals surface area (Å²) in [4.78, 5) is 0. The van der Waals surface area contributed by atoms with Gasteiger partial charge in [-0.25, -0.2) is 0 Å². The summed E-state index contributed by atoms with van der Waals surface area (Å²) in [5.74, 6) is 0. The number of alkyl halides is 6. The van der Waals surface area contributed by atoms with Crippen LogP contribution in [-0.2, 0) is 12.4 Å². The van der Waals surface area contributed by atoms with Crippen LogP contribution < -0.4 is 0 Å². The molecule has 0 aliphatic rings. The van der Waals surface area contributed by atoms with E-state index >= 15 is 26.3 Å². The average molecular weight is 823 g/mol. The van der Waals surface area contributed by atoms with Gasteiger partial charge >= 0.3 is 12.4 Å². The Morgan fingerprint density at radius 3 is 1.03 bits per heavy atom. The highest BCUT2D eigenvalue weighted by molar-refractivity contribution is 6.11. The Bertz CT molecular complexity index is 3270. The van der Waals surface area contributed by atoms with Gasteiger partial charge in [-0.05, 0) is 106 Å². The number of aromatic nitrogens is 2. The maximum absolute atomic E-state index is 15.1. The molecule has 4 nitrogen and oxygen atoms in total. The maximum Gasteiger partial charge on any atom is 0.418 e. The molecule has 0 aliphatic heterocycles. The molecule has 0 amide bonds. The molecular weight excluding hydrogens is 795 g/mol. The minimum Gasteiger partial charge on any atom is -0.309 e. The van der Waals surface area contributed by atoms with Gasteiger partial charge in [-0.1, -0.05) is 97.1 Å². The highest BCUT2D eigenvalue weighted by Crippen LogP contribution is 2.44. The fourth-order valence-electron chi connectivity index (χ4n) is 8.57. The van der Waals surface area contributed by atoms with Crippen LogP contribution in [-0.4, -0.2) is 9.13 Å². The summed E-state index contributed by atoms with van der Waals surface area (Å²) >= 11 is 0. The summed E-state index contributed by atoms with van der Waals surface area (Å²) in [6, 6.07) is 50.7. The van der Waals surface area contributed by atoms with Gasteiger partial charge in [0.1, 0.15) is 0 Å². The molecule has 10 rings (SSSR count). The van der Waals surface area contributed by atoms with Crippen LogP contribution in [0.25, 0.3) is 88.4 Å². The molecule has 0 atom stereocenters. The first-order chi connectivity index (χ1) is 29.9. The third kappa shape index (κ3) is 6.32. The number of rotatable bonds is 5. The van der Waals surface area contributed by atoms with Gasteiger partial charge in [0.05, 0.1) is 67.8 Å². The number of nitrogens with zero attached hydrogens (tertiary/aromatic N) is 4. The fourth-order valence-corrected chi connectivity index (χ4v) is 8.57. The first kappa shape index (κ1) is 38.1. The number of para-hydroxylation sites is 2. The summed E-state index contributed by atoms with van der Waals surface area (Å²) in [6.45, 7) is 0. The maximum atomic E-state index is 15.1. The Balaban J connectivity index is 1.21. The van der Waals surface area contributed by atoms with Crippen molar-refractivity contribution in [3.05, 3.63) is 192 Å². The first-order valence-electron chi connectivity index (χ1n) is 19.4. The van der Waals surface area contributed by atoms with Crippen molar-refractivity contribution in [3.8, 4) is 56.9 Å². The first-order valence-corrected chi connectivity index (χ1v) is 19.4. The van der Waals surface area contributed by atoms with E-state index in [2.05, 4.69) is 12.1 Å². The molecule has 10 aromatic rings. The highest BCUT2D eigenvalue weighted by atomic mass is 19.4. The van der Waals surface area contributed by atoms with Crippen molar-refractivity contribution in [1.82, 2.24) is 9.13 Å². The monoisotopic (exact) mass is 822 g/mol. The zero-order valence-electron chi connectivity index (χ0n) is 32.2. The van der Waals surface area contributed by atoms with Gasteiger partial charge in [0, 0.05) is 21.5 Å². The lowest BCUT2D eigenvalue weighted by molar-refractivity contribution is -0.138. The molecule has 0 saturated heterocycles. The van der Waals surface area contributed by atoms with Crippen LogP contribution >= 0.6 is 0 Å². The van der Waals surface area contributed by atoms with Crippen molar-refractivity contribution < 1.29 is 26.3 Å². The second-order valence-electron chi connectivity index (χ2n) is 15.0. The van der Waals surface area contributed by atoms with Crippen LogP contribution in [0.5, 0.6) is 0 Å². The second-order valence-corrected chi connectivity index (χ2v) is 15.0. The van der Waals surface area contributed by atoms with Crippen molar-refractivity contribution in [2.45, 2.75) is 12.4 Å². The Morgan fingerprint density at radius 2 is 0.661 bits per heavy atom. The predicted octanol–water partition coefficient (Wildman–Crippen LogP) is 14.7. The summed E-state index contributed by atoms with van der Waals surface area (Å²) in [5, 5.41) is 21.5. The van der Waals surface area contributed by atoms with E-state index in [-0.39, 0.29) is 22.5 Å². The lowest BCUT2D eigenvalue weighted by atomic mass is 9.98. The number of halogens is 6. The lowest BCUT2D eigenvalue weighted by Gasteiger charge is -2.20. The molecule has 0 unspecified atom stereocenters. The molecule has 0 spiro atoms. The largest absolute Gasteiger partial charge is 0.418 e. The smallest absolute Gasteiger partial charge is 0.309 e. The SMILES string of the molecule is N#Cc1ccc(-c2ccc3c4ccccc4n(-c4cc(-c5ccc(C(F)(F)F)c(-n6c7ccccc7c7ccc(-c8ccc(C#N)cc8)cc76)c5)ccc4C(F)(F)F)c3c2)cc1. The average Bonchev–Trinajstić information content (AvgIpc) is 3.80. The zero-order chi connectivity index (χ0) is 42.9. The Hall–Kier alpha value is -8.08. The summed E-state index contributed by atoms with van der Waals surface area (Å²) < 4.78 is 93.9. The quantitative estimate of drug-likeness (QED) is 0.162. The van der Waals surface area contributed by atoms with Gasteiger partial charge < -0.3 is 9.13 Å². The van der Waals surface area contributed by atoms with E-state index in [1.54, 1.807) is 81.9 Å². The van der Waals surface area contributed by atoms with E-state index < -0.39 is 23.5 Å². The predicted molar refractivity (Wildman–Crippen MR) is 231 cm³/mol. The molecule has 2 heterocycles. The van der Waals surface area contributed by atoms with Gasteiger partial charge in [0.25, 0.3) is 0 Å². The standard InChI is InChI=1S/C52H28F6N4/c53-51(54,55)43-23-19-37(27-49(43)61-45-7-3-1-5-39(45)41-21-17-35(25-47(41)61)33-13-9-31(29-59)10-14-33)38-20-24-44(52(56,57)58)50(28-38)62-46-8-4-2-6-40(46)42-22-18-36(26-48(42)62)34-15-11-32(30-60)12-16-34/h1-28H. The topological polar surface area (TPSA) is 57.4 Å². The number of hydrogen-bond donors (Lipinski definition) is 0. The Kier molecular flexibility index (Phi) is 8.79. The van der Waals surface area contributed by atoms with Crippen molar-refractivity contribution >= 4 is 43.6 Å². The van der Waals surface area contributed by atoms with Gasteiger partial charge in [-0.3, -0.25) is 0 Å². The number of nitriles is 2. The van der Waals surface area contributed by atoms with E-state index in [9.17, 15) is 10.5 Å². The summed E-state index contributed by atoms with van der Waals surface area (Å²) in [5.41, 5.74) is 4.23. The van der Waals surface area contributed by atoms with Crippen LogP contribution in [0.1, 0.15) is 22.3 Å². The molecule has 0 saturated carbocycles. The zero-order valence-corrected chi connectivity index (χ0v) is 32.2. The van der Waals surface area contributed by atoms with E-state index in [1.165, 1.54) is 24.3 Å². The Labute approximate surface area is 350 Å². The molecule has 62 heavy (non-hydrogen) atoms. The van der Waals surface area contributed by atoms with Crippen LogP contribution in [0.3, 0.4) is 0 Å². The lowest BCUT2D eigenvalue weighted by Crippen LogP contribution is -2.12. The molecule has 0 bridgehead atoms. The molecule has 0 aliphatic carbocycles. The summed E-state index contributed by atoms with van der Waals surface area (Å²) in [7, 11) is 0. The normalized spacial score (nSPS) is 12.0. The molecule has 8 aromatic carbocycles. The van der Waals surface area contributed by atoms with Gasteiger partial charge in [0.15, 0.2) is 0 Å². The third-order valence-electron chi connectivity index (χ3n) is 11.5. The van der Waals surface area contributed by atoms with Crippen molar-refractivity contribution in [1.29, 1.82) is 10.5 Å². The van der Waals surface area contributed by atoms with E-state index in [4.69, 9.17) is 0 Å². The second kappa shape index (κ2) is 14.3. The van der Waals surface area contributed by atoms with Crippen LogP contribution in [0.4, 0.5) is 26.3 Å². The molecule has 0 fully saturated rings. The minimum absolute atomic E-state index is 0.191. The molecule has 298 valence electrons. The number of hydrogen-bond acceptors (Lipinski definition) is 2. The molecule has 2 aromatic heterocycles. The number of fused-ring (bicyclic) bond motifs is 6. The van der Waals surface area contributed by atoms with E-state index in [1.807, 2.05) is 60.7 Å². The van der Waals surface area contributed by atoms with Crippen LogP contribution in [0.15, 0.2) is 170 Å². The molecular formula is C52H28F6N4. The number of benzene rings is 8. The van der Waals surface area contributed by atoms with Crippen LogP contribution in [0, 0.1) is 22.7 Å². The minimum atomic E-state index is -4.79.